The number of benzene rings is 2. The van der Waals surface area contributed by atoms with E-state index in [1.54, 1.807) is 0 Å². The number of imidazole rings is 1. The number of aromatic nitrogens is 2. The van der Waals surface area contributed by atoms with Gasteiger partial charge in [0.05, 0.1) is 7.05 Å². The van der Waals surface area contributed by atoms with Crippen molar-refractivity contribution in [1.29, 1.82) is 0 Å². The number of fused-ring (bicyclic) bond motifs is 1. The fourth-order valence-corrected chi connectivity index (χ4v) is 2.34. The summed E-state index contributed by atoms with van der Waals surface area (Å²) < 4.78 is 4.51. The molecule has 3 aromatic rings. The zero-order valence-corrected chi connectivity index (χ0v) is 10.1. The molecule has 0 atom stereocenters. The van der Waals surface area contributed by atoms with Crippen LogP contribution >= 0.6 is 0 Å². The van der Waals surface area contributed by atoms with Gasteiger partial charge < -0.3 is 0 Å². The van der Waals surface area contributed by atoms with Gasteiger partial charge in [0.1, 0.15) is 5.69 Å². The van der Waals surface area contributed by atoms with Crippen molar-refractivity contribution in [3.05, 3.63) is 60.4 Å². The topological polar surface area (TPSA) is 8.81 Å². The third kappa shape index (κ3) is 1.45. The summed E-state index contributed by atoms with van der Waals surface area (Å²) >= 11 is 0. The largest absolute Gasteiger partial charge is 0.259 e. The summed E-state index contributed by atoms with van der Waals surface area (Å²) in [6.45, 7) is 2.15. The van der Waals surface area contributed by atoms with E-state index in [4.69, 9.17) is 0 Å². The Bertz CT molecular complexity index is 666. The zero-order valence-electron chi connectivity index (χ0n) is 10.1. The minimum absolute atomic E-state index is 1.21. The molecule has 2 aromatic carbocycles. The fraction of sp³-hybridized carbons (Fsp3) is 0.133. The average molecular weight is 223 g/mol. The molecule has 0 aliphatic heterocycles. The molecule has 3 rings (SSSR count). The van der Waals surface area contributed by atoms with Crippen LogP contribution in [0, 0.1) is 6.92 Å². The minimum Gasteiger partial charge on any atom is -0.230 e. The molecule has 2 nitrogen and oxygen atoms in total. The lowest BCUT2D eigenvalue weighted by Gasteiger charge is -1.98. The first-order valence-corrected chi connectivity index (χ1v) is 5.80. The summed E-state index contributed by atoms with van der Waals surface area (Å²) in [5.41, 5.74) is 3.72. The van der Waals surface area contributed by atoms with Crippen LogP contribution in [0.4, 0.5) is 0 Å². The summed E-state index contributed by atoms with van der Waals surface area (Å²) in [5.74, 6) is 1.23. The molecule has 0 amide bonds. The van der Waals surface area contributed by atoms with Crippen LogP contribution in [0.1, 0.15) is 5.82 Å². The van der Waals surface area contributed by atoms with Gasteiger partial charge in [0.25, 0.3) is 5.82 Å². The molecule has 0 fully saturated rings. The Kier molecular flexibility index (Phi) is 2.22. The number of para-hydroxylation sites is 3. The molecule has 0 spiro atoms. The van der Waals surface area contributed by atoms with Crippen molar-refractivity contribution in [2.75, 3.05) is 0 Å². The zero-order chi connectivity index (χ0) is 11.8. The smallest absolute Gasteiger partial charge is 0.230 e. The minimum atomic E-state index is 1.21. The lowest BCUT2D eigenvalue weighted by Crippen LogP contribution is -2.30. The Hall–Kier alpha value is -2.09. The Morgan fingerprint density at radius 2 is 1.53 bits per heavy atom. The van der Waals surface area contributed by atoms with Crippen LogP contribution in [0.2, 0.25) is 0 Å². The van der Waals surface area contributed by atoms with Crippen molar-refractivity contribution in [3.8, 4) is 5.69 Å². The van der Waals surface area contributed by atoms with Gasteiger partial charge in [0, 0.05) is 6.92 Å². The second kappa shape index (κ2) is 3.74. The van der Waals surface area contributed by atoms with Gasteiger partial charge in [-0.1, -0.05) is 30.3 Å². The molecule has 0 saturated carbocycles. The van der Waals surface area contributed by atoms with Crippen molar-refractivity contribution in [2.45, 2.75) is 6.92 Å². The quantitative estimate of drug-likeness (QED) is 0.561. The van der Waals surface area contributed by atoms with E-state index in [1.807, 2.05) is 6.07 Å². The van der Waals surface area contributed by atoms with E-state index in [0.717, 1.165) is 0 Å². The van der Waals surface area contributed by atoms with E-state index in [-0.39, 0.29) is 0 Å². The van der Waals surface area contributed by atoms with E-state index in [1.165, 1.54) is 22.5 Å². The number of hydrogen-bond donors (Lipinski definition) is 0. The molecule has 0 aliphatic rings. The molecule has 0 N–H and O–H groups in total. The summed E-state index contributed by atoms with van der Waals surface area (Å²) in [4.78, 5) is 0. The molecule has 0 bridgehead atoms. The first kappa shape index (κ1) is 10.1. The van der Waals surface area contributed by atoms with Crippen molar-refractivity contribution in [1.82, 2.24) is 4.57 Å². The third-order valence-corrected chi connectivity index (χ3v) is 3.31. The van der Waals surface area contributed by atoms with Crippen LogP contribution in [-0.4, -0.2) is 4.57 Å². The van der Waals surface area contributed by atoms with Gasteiger partial charge in [-0.05, 0) is 24.3 Å². The molecule has 0 aliphatic carbocycles. The van der Waals surface area contributed by atoms with Crippen molar-refractivity contribution in [2.24, 2.45) is 7.05 Å². The predicted molar refractivity (Wildman–Crippen MR) is 69.2 cm³/mol. The molecular formula is C15H15N2+. The van der Waals surface area contributed by atoms with Gasteiger partial charge in [-0.25, -0.2) is 4.57 Å². The molecule has 17 heavy (non-hydrogen) atoms. The van der Waals surface area contributed by atoms with Crippen LogP contribution in [0.25, 0.3) is 16.7 Å². The maximum Gasteiger partial charge on any atom is 0.259 e. The molecule has 84 valence electrons. The lowest BCUT2D eigenvalue weighted by atomic mass is 10.3. The molecule has 0 radical (unpaired) electrons. The number of rotatable bonds is 1. The van der Waals surface area contributed by atoms with E-state index < -0.39 is 0 Å². The van der Waals surface area contributed by atoms with Gasteiger partial charge in [0.2, 0.25) is 0 Å². The Labute approximate surface area is 101 Å². The molecule has 0 saturated heterocycles. The summed E-state index contributed by atoms with van der Waals surface area (Å²) in [6, 6.07) is 19.0. The van der Waals surface area contributed by atoms with E-state index in [2.05, 4.69) is 71.6 Å². The maximum absolute atomic E-state index is 2.29. The highest BCUT2D eigenvalue weighted by molar-refractivity contribution is 5.74. The molecule has 1 heterocycles. The van der Waals surface area contributed by atoms with Gasteiger partial charge in [-0.2, -0.15) is 4.57 Å². The van der Waals surface area contributed by atoms with Crippen LogP contribution in [-0.2, 0) is 7.05 Å². The lowest BCUT2D eigenvalue weighted by molar-refractivity contribution is -0.652. The third-order valence-electron chi connectivity index (χ3n) is 3.31. The Morgan fingerprint density at radius 3 is 2.29 bits per heavy atom. The second-order valence-corrected chi connectivity index (χ2v) is 4.27. The molecule has 0 unspecified atom stereocenters. The standard InChI is InChI=1S/C15H15N2/c1-12-16(2)14-10-6-7-11-15(14)17(12)13-8-4-3-5-9-13/h3-11H,1-2H3/q+1. The molecule has 2 heteroatoms. The highest BCUT2D eigenvalue weighted by Crippen LogP contribution is 2.18. The SMILES string of the molecule is Cc1n(-c2ccccc2)c2ccccc2[n+]1C. The highest BCUT2D eigenvalue weighted by Gasteiger charge is 2.19. The monoisotopic (exact) mass is 223 g/mol. The van der Waals surface area contributed by atoms with Crippen molar-refractivity contribution in [3.63, 3.8) is 0 Å². The van der Waals surface area contributed by atoms with Crippen LogP contribution in [0.3, 0.4) is 0 Å². The van der Waals surface area contributed by atoms with Crippen molar-refractivity contribution < 1.29 is 4.57 Å². The van der Waals surface area contributed by atoms with E-state index >= 15 is 0 Å². The van der Waals surface area contributed by atoms with Gasteiger partial charge in [-0.3, -0.25) is 0 Å². The van der Waals surface area contributed by atoms with Crippen LogP contribution in [0.5, 0.6) is 0 Å². The van der Waals surface area contributed by atoms with Crippen LogP contribution < -0.4 is 4.57 Å². The van der Waals surface area contributed by atoms with Gasteiger partial charge in [0.15, 0.2) is 11.0 Å². The number of nitrogens with zero attached hydrogens (tertiary/aromatic N) is 2. The average Bonchev–Trinajstić information content (AvgIpc) is 2.64. The Balaban J connectivity index is 2.41. The summed E-state index contributed by atoms with van der Waals surface area (Å²) in [6.07, 6.45) is 0. The molecule has 1 aromatic heterocycles. The van der Waals surface area contributed by atoms with Crippen LogP contribution in [0.15, 0.2) is 54.6 Å². The number of aryl methyl sites for hydroxylation is 1. The molecular weight excluding hydrogens is 208 g/mol. The first-order chi connectivity index (χ1) is 8.29. The van der Waals surface area contributed by atoms with Crippen molar-refractivity contribution >= 4 is 11.0 Å². The van der Waals surface area contributed by atoms with Gasteiger partial charge >= 0.3 is 0 Å². The number of hydrogen-bond acceptors (Lipinski definition) is 0. The Morgan fingerprint density at radius 1 is 0.882 bits per heavy atom. The fourth-order valence-electron chi connectivity index (χ4n) is 2.34. The normalized spacial score (nSPS) is 10.9. The predicted octanol–water partition coefficient (Wildman–Crippen LogP) is 2.76. The highest BCUT2D eigenvalue weighted by atomic mass is 15.2. The summed E-state index contributed by atoms with van der Waals surface area (Å²) in [5, 5.41) is 0. The van der Waals surface area contributed by atoms with Gasteiger partial charge in [-0.15, -0.1) is 0 Å². The maximum atomic E-state index is 2.29. The summed E-state index contributed by atoms with van der Waals surface area (Å²) in [7, 11) is 2.11. The first-order valence-electron chi connectivity index (χ1n) is 5.80. The van der Waals surface area contributed by atoms with E-state index in [0.29, 0.717) is 0 Å². The second-order valence-electron chi connectivity index (χ2n) is 4.27. The van der Waals surface area contributed by atoms with E-state index in [9.17, 15) is 0 Å².